The summed E-state index contributed by atoms with van der Waals surface area (Å²) in [5.41, 5.74) is -0.230. The van der Waals surface area contributed by atoms with Crippen molar-refractivity contribution in [2.45, 2.75) is 32.9 Å². The van der Waals surface area contributed by atoms with Gasteiger partial charge in [-0.05, 0) is 28.8 Å². The molecule has 0 saturated carbocycles. The van der Waals surface area contributed by atoms with E-state index in [-0.39, 0.29) is 12.5 Å². The molecule has 1 aromatic rings. The van der Waals surface area contributed by atoms with Gasteiger partial charge in [-0.3, -0.25) is 4.68 Å². The second-order valence-electron chi connectivity index (χ2n) is 4.17. The second kappa shape index (κ2) is 5.29. The number of aryl methyl sites for hydroxylation is 1. The average molecular weight is 291 g/mol. The molecule has 0 radical (unpaired) electrons. The lowest BCUT2D eigenvalue weighted by Crippen LogP contribution is -2.39. The first-order valence-corrected chi connectivity index (χ1v) is 6.19. The topological polar surface area (TPSA) is 47.3 Å². The van der Waals surface area contributed by atoms with Gasteiger partial charge in [0.05, 0.1) is 23.0 Å². The van der Waals surface area contributed by atoms with Crippen molar-refractivity contribution in [2.24, 2.45) is 5.92 Å². The zero-order valence-electron chi connectivity index (χ0n) is 10.2. The fourth-order valence-corrected chi connectivity index (χ4v) is 2.40. The van der Waals surface area contributed by atoms with Crippen molar-refractivity contribution in [1.29, 1.82) is 0 Å². The number of methoxy groups -OCH3 is 1. The molecule has 16 heavy (non-hydrogen) atoms. The zero-order chi connectivity index (χ0) is 12.3. The standard InChI is InChI=1S/C11H19BrN2O2/c1-5-14-10(9(12)6-13-14)11(15,7-16-4)8(2)3/h6,8,15H,5,7H2,1-4H3. The van der Waals surface area contributed by atoms with Gasteiger partial charge in [-0.1, -0.05) is 13.8 Å². The van der Waals surface area contributed by atoms with Gasteiger partial charge in [-0.25, -0.2) is 0 Å². The van der Waals surface area contributed by atoms with Crippen LogP contribution in [0.1, 0.15) is 26.5 Å². The lowest BCUT2D eigenvalue weighted by Gasteiger charge is -2.32. The molecule has 1 heterocycles. The van der Waals surface area contributed by atoms with Crippen LogP contribution in [-0.4, -0.2) is 28.6 Å². The fraction of sp³-hybridized carbons (Fsp3) is 0.727. The van der Waals surface area contributed by atoms with Gasteiger partial charge in [-0.2, -0.15) is 5.10 Å². The highest BCUT2D eigenvalue weighted by molar-refractivity contribution is 9.10. The third-order valence-electron chi connectivity index (χ3n) is 2.82. The van der Waals surface area contributed by atoms with Gasteiger partial charge in [0.25, 0.3) is 0 Å². The first kappa shape index (κ1) is 13.7. The predicted octanol–water partition coefficient (Wildman–Crippen LogP) is 2.16. The van der Waals surface area contributed by atoms with E-state index in [9.17, 15) is 5.11 Å². The van der Waals surface area contributed by atoms with Crippen LogP contribution in [0.2, 0.25) is 0 Å². The highest BCUT2D eigenvalue weighted by atomic mass is 79.9. The van der Waals surface area contributed by atoms with E-state index in [2.05, 4.69) is 21.0 Å². The van der Waals surface area contributed by atoms with Crippen LogP contribution in [0.4, 0.5) is 0 Å². The van der Waals surface area contributed by atoms with Gasteiger partial charge in [0.1, 0.15) is 5.60 Å². The van der Waals surface area contributed by atoms with Gasteiger partial charge in [0.15, 0.2) is 0 Å². The minimum absolute atomic E-state index is 0.0470. The molecule has 1 unspecified atom stereocenters. The Hall–Kier alpha value is -0.390. The normalized spacial score (nSPS) is 15.4. The molecule has 1 atom stereocenters. The van der Waals surface area contributed by atoms with Crippen molar-refractivity contribution >= 4 is 15.9 Å². The Labute approximate surface area is 105 Å². The Bertz CT molecular complexity index is 352. The summed E-state index contributed by atoms with van der Waals surface area (Å²) in [6, 6.07) is 0. The third kappa shape index (κ3) is 2.31. The van der Waals surface area contributed by atoms with Crippen molar-refractivity contribution in [3.05, 3.63) is 16.4 Å². The molecule has 1 N–H and O–H groups in total. The SMILES string of the molecule is CCn1ncc(Br)c1C(O)(COC)C(C)C. The summed E-state index contributed by atoms with van der Waals surface area (Å²) in [6.07, 6.45) is 1.71. The third-order valence-corrected chi connectivity index (χ3v) is 3.40. The van der Waals surface area contributed by atoms with Crippen LogP contribution in [-0.2, 0) is 16.9 Å². The lowest BCUT2D eigenvalue weighted by molar-refractivity contribution is -0.0764. The Morgan fingerprint density at radius 2 is 2.25 bits per heavy atom. The molecular weight excluding hydrogens is 272 g/mol. The molecule has 0 spiro atoms. The minimum atomic E-state index is -1.01. The van der Waals surface area contributed by atoms with Gasteiger partial charge in [0, 0.05) is 13.7 Å². The Kier molecular flexibility index (Phi) is 4.52. The maximum absolute atomic E-state index is 10.7. The van der Waals surface area contributed by atoms with Gasteiger partial charge in [-0.15, -0.1) is 0 Å². The lowest BCUT2D eigenvalue weighted by atomic mass is 9.87. The molecule has 0 saturated heterocycles. The number of hydrogen-bond donors (Lipinski definition) is 1. The second-order valence-corrected chi connectivity index (χ2v) is 5.02. The van der Waals surface area contributed by atoms with E-state index in [1.807, 2.05) is 20.8 Å². The molecule has 1 aromatic heterocycles. The van der Waals surface area contributed by atoms with Gasteiger partial charge >= 0.3 is 0 Å². The summed E-state index contributed by atoms with van der Waals surface area (Å²) in [6.45, 7) is 6.92. The summed E-state index contributed by atoms with van der Waals surface area (Å²) in [4.78, 5) is 0. The van der Waals surface area contributed by atoms with Gasteiger partial charge < -0.3 is 9.84 Å². The van der Waals surface area contributed by atoms with E-state index in [0.29, 0.717) is 0 Å². The highest BCUT2D eigenvalue weighted by Gasteiger charge is 2.38. The Balaban J connectivity index is 3.24. The van der Waals surface area contributed by atoms with Gasteiger partial charge in [0.2, 0.25) is 0 Å². The van der Waals surface area contributed by atoms with E-state index >= 15 is 0 Å². The number of hydrogen-bond acceptors (Lipinski definition) is 3. The van der Waals surface area contributed by atoms with Crippen molar-refractivity contribution in [3.63, 3.8) is 0 Å². The molecular formula is C11H19BrN2O2. The number of rotatable bonds is 5. The minimum Gasteiger partial charge on any atom is -0.381 e. The number of halogens is 1. The van der Waals surface area contributed by atoms with Crippen molar-refractivity contribution in [1.82, 2.24) is 9.78 Å². The number of aliphatic hydroxyl groups is 1. The number of aromatic nitrogens is 2. The predicted molar refractivity (Wildman–Crippen MR) is 66.2 cm³/mol. The van der Waals surface area contributed by atoms with Crippen LogP contribution < -0.4 is 0 Å². The van der Waals surface area contributed by atoms with Crippen LogP contribution in [0, 0.1) is 5.92 Å². The summed E-state index contributed by atoms with van der Waals surface area (Å²) >= 11 is 3.43. The summed E-state index contributed by atoms with van der Waals surface area (Å²) < 4.78 is 7.75. The van der Waals surface area contributed by atoms with Crippen LogP contribution in [0.15, 0.2) is 10.7 Å². The van der Waals surface area contributed by atoms with Crippen molar-refractivity contribution in [3.8, 4) is 0 Å². The number of ether oxygens (including phenoxy) is 1. The highest BCUT2D eigenvalue weighted by Crippen LogP contribution is 2.34. The van der Waals surface area contributed by atoms with E-state index in [0.717, 1.165) is 16.7 Å². The van der Waals surface area contributed by atoms with E-state index in [1.54, 1.807) is 18.0 Å². The smallest absolute Gasteiger partial charge is 0.133 e. The molecule has 4 nitrogen and oxygen atoms in total. The quantitative estimate of drug-likeness (QED) is 0.904. The molecule has 5 heteroatoms. The molecule has 0 fully saturated rings. The van der Waals surface area contributed by atoms with Crippen LogP contribution in [0.3, 0.4) is 0 Å². The fourth-order valence-electron chi connectivity index (χ4n) is 1.76. The van der Waals surface area contributed by atoms with Crippen LogP contribution in [0.5, 0.6) is 0 Å². The molecule has 0 bridgehead atoms. The first-order chi connectivity index (χ1) is 7.47. The van der Waals surface area contributed by atoms with Crippen LogP contribution in [0.25, 0.3) is 0 Å². The Morgan fingerprint density at radius 3 is 2.69 bits per heavy atom. The molecule has 0 aromatic carbocycles. The summed E-state index contributed by atoms with van der Waals surface area (Å²) in [5, 5.41) is 14.9. The van der Waals surface area contributed by atoms with E-state index in [1.165, 1.54) is 0 Å². The number of nitrogens with zero attached hydrogens (tertiary/aromatic N) is 2. The zero-order valence-corrected chi connectivity index (χ0v) is 11.8. The summed E-state index contributed by atoms with van der Waals surface area (Å²) in [5.74, 6) is 0.0470. The maximum Gasteiger partial charge on any atom is 0.133 e. The first-order valence-electron chi connectivity index (χ1n) is 5.40. The monoisotopic (exact) mass is 290 g/mol. The molecule has 0 amide bonds. The molecule has 0 aliphatic rings. The summed E-state index contributed by atoms with van der Waals surface area (Å²) in [7, 11) is 1.59. The van der Waals surface area contributed by atoms with E-state index in [4.69, 9.17) is 4.74 Å². The van der Waals surface area contributed by atoms with E-state index < -0.39 is 5.60 Å². The van der Waals surface area contributed by atoms with Crippen LogP contribution >= 0.6 is 15.9 Å². The largest absolute Gasteiger partial charge is 0.381 e. The van der Waals surface area contributed by atoms with Crippen molar-refractivity contribution < 1.29 is 9.84 Å². The average Bonchev–Trinajstić information content (AvgIpc) is 2.59. The van der Waals surface area contributed by atoms with Crippen molar-refractivity contribution in [2.75, 3.05) is 13.7 Å². The molecule has 0 aliphatic carbocycles. The molecule has 92 valence electrons. The maximum atomic E-state index is 10.7. The molecule has 1 rings (SSSR count). The molecule has 0 aliphatic heterocycles. The Morgan fingerprint density at radius 1 is 1.62 bits per heavy atom.